The number of hydrogen-bond donors (Lipinski definition) is 1. The molecule has 0 atom stereocenters. The van der Waals surface area contributed by atoms with Crippen LogP contribution < -0.4 is 4.74 Å². The summed E-state index contributed by atoms with van der Waals surface area (Å²) < 4.78 is 11.7. The molecule has 0 amide bonds. The maximum atomic E-state index is 10.8. The molecule has 0 aliphatic heterocycles. The smallest absolute Gasteiger partial charge is 0.341 e. The zero-order valence-corrected chi connectivity index (χ0v) is 18.2. The minimum atomic E-state index is -1.01. The molecule has 5 heteroatoms. The van der Waals surface area contributed by atoms with Gasteiger partial charge in [-0.1, -0.05) is 84.9 Å². The first kappa shape index (κ1) is 21.2. The molecule has 0 aliphatic carbocycles. The summed E-state index contributed by atoms with van der Waals surface area (Å²) >= 11 is 0. The molecular formula is C29H21NO4. The zero-order valence-electron chi connectivity index (χ0n) is 18.2. The van der Waals surface area contributed by atoms with Crippen molar-refractivity contribution in [3.8, 4) is 50.9 Å². The fourth-order valence-corrected chi connectivity index (χ4v) is 3.76. The number of nitrogens with zero attached hydrogens (tertiary/aromatic N) is 1. The van der Waals surface area contributed by atoms with E-state index >= 15 is 0 Å². The number of carboxylic acid groups (broad SMARTS) is 1. The van der Waals surface area contributed by atoms with Crippen LogP contribution in [0.3, 0.4) is 0 Å². The summed E-state index contributed by atoms with van der Waals surface area (Å²) in [6, 6.07) is 35.2. The van der Waals surface area contributed by atoms with Crippen molar-refractivity contribution in [1.29, 1.82) is 0 Å². The van der Waals surface area contributed by atoms with Crippen molar-refractivity contribution >= 4 is 5.97 Å². The number of carbonyl (C=O) groups is 1. The van der Waals surface area contributed by atoms with Crippen LogP contribution in [0.4, 0.5) is 0 Å². The lowest BCUT2D eigenvalue weighted by Crippen LogP contribution is -2.09. The molecule has 0 saturated carbocycles. The van der Waals surface area contributed by atoms with E-state index in [-0.39, 0.29) is 6.61 Å². The molecule has 4 aromatic carbocycles. The Morgan fingerprint density at radius 3 is 2.00 bits per heavy atom. The number of ether oxygens (including phenoxy) is 1. The molecule has 0 fully saturated rings. The monoisotopic (exact) mass is 447 g/mol. The fraction of sp³-hybridized carbons (Fsp3) is 0.0345. The Hall–Kier alpha value is -4.64. The summed E-state index contributed by atoms with van der Waals surface area (Å²) in [4.78, 5) is 15.7. The van der Waals surface area contributed by atoms with E-state index in [9.17, 15) is 4.79 Å². The average Bonchev–Trinajstić information content (AvgIpc) is 3.35. The van der Waals surface area contributed by atoms with E-state index in [1.165, 1.54) is 0 Å². The predicted octanol–water partition coefficient (Wildman–Crippen LogP) is 6.81. The highest BCUT2D eigenvalue weighted by atomic mass is 16.5. The second kappa shape index (κ2) is 9.46. The number of rotatable bonds is 7. The van der Waals surface area contributed by atoms with Crippen LogP contribution in [0.1, 0.15) is 0 Å². The Balaban J connectivity index is 1.54. The van der Waals surface area contributed by atoms with Gasteiger partial charge in [-0.15, -0.1) is 0 Å². The van der Waals surface area contributed by atoms with Crippen LogP contribution in [0.2, 0.25) is 0 Å². The lowest BCUT2D eigenvalue weighted by molar-refractivity contribution is -0.139. The molecule has 0 unspecified atom stereocenters. The SMILES string of the molecule is O=C(O)COc1cccc(-c2cccc(-c3nc(-c4ccccc4)c(-c4ccccc4)o3)c2)c1. The van der Waals surface area contributed by atoms with Gasteiger partial charge >= 0.3 is 5.97 Å². The van der Waals surface area contributed by atoms with E-state index < -0.39 is 5.97 Å². The molecule has 5 rings (SSSR count). The van der Waals surface area contributed by atoms with Crippen molar-refractivity contribution in [2.24, 2.45) is 0 Å². The normalized spacial score (nSPS) is 10.7. The van der Waals surface area contributed by atoms with Crippen molar-refractivity contribution in [3.63, 3.8) is 0 Å². The van der Waals surface area contributed by atoms with Gasteiger partial charge in [0.2, 0.25) is 5.89 Å². The molecule has 0 spiro atoms. The van der Waals surface area contributed by atoms with Crippen LogP contribution in [0.5, 0.6) is 5.75 Å². The maximum absolute atomic E-state index is 10.8. The largest absolute Gasteiger partial charge is 0.482 e. The zero-order chi connectivity index (χ0) is 23.3. The van der Waals surface area contributed by atoms with Gasteiger partial charge in [0.25, 0.3) is 0 Å². The van der Waals surface area contributed by atoms with Gasteiger partial charge in [-0.25, -0.2) is 9.78 Å². The number of aromatic nitrogens is 1. The second-order valence-corrected chi connectivity index (χ2v) is 7.72. The minimum Gasteiger partial charge on any atom is -0.482 e. The van der Waals surface area contributed by atoms with Crippen LogP contribution in [0.15, 0.2) is 114 Å². The predicted molar refractivity (Wildman–Crippen MR) is 131 cm³/mol. The third-order valence-corrected chi connectivity index (χ3v) is 5.35. The average molecular weight is 447 g/mol. The van der Waals surface area contributed by atoms with Gasteiger partial charge in [0.1, 0.15) is 11.4 Å². The molecule has 0 saturated heterocycles. The van der Waals surface area contributed by atoms with E-state index in [4.69, 9.17) is 19.2 Å². The van der Waals surface area contributed by atoms with Crippen molar-refractivity contribution in [1.82, 2.24) is 4.98 Å². The Morgan fingerprint density at radius 1 is 0.706 bits per heavy atom. The van der Waals surface area contributed by atoms with E-state index in [0.29, 0.717) is 11.6 Å². The lowest BCUT2D eigenvalue weighted by atomic mass is 10.0. The van der Waals surface area contributed by atoms with Crippen LogP contribution >= 0.6 is 0 Å². The molecular weight excluding hydrogens is 426 g/mol. The molecule has 34 heavy (non-hydrogen) atoms. The van der Waals surface area contributed by atoms with E-state index in [2.05, 4.69) is 0 Å². The number of carboxylic acids is 1. The molecule has 1 N–H and O–H groups in total. The van der Waals surface area contributed by atoms with Crippen molar-refractivity contribution < 1.29 is 19.1 Å². The van der Waals surface area contributed by atoms with Crippen LogP contribution in [-0.4, -0.2) is 22.7 Å². The Morgan fingerprint density at radius 2 is 1.29 bits per heavy atom. The highest BCUT2D eigenvalue weighted by molar-refractivity contribution is 5.80. The Bertz CT molecular complexity index is 1370. The van der Waals surface area contributed by atoms with Gasteiger partial charge < -0.3 is 14.3 Å². The quantitative estimate of drug-likeness (QED) is 0.297. The summed E-state index contributed by atoms with van der Waals surface area (Å²) in [5, 5.41) is 8.87. The molecule has 0 bridgehead atoms. The van der Waals surface area contributed by atoms with Crippen LogP contribution in [-0.2, 0) is 4.79 Å². The first-order valence-corrected chi connectivity index (χ1v) is 10.8. The molecule has 5 nitrogen and oxygen atoms in total. The van der Waals surface area contributed by atoms with E-state index in [1.807, 2.05) is 103 Å². The number of hydrogen-bond acceptors (Lipinski definition) is 4. The van der Waals surface area contributed by atoms with Gasteiger partial charge in [-0.3, -0.25) is 0 Å². The van der Waals surface area contributed by atoms with Gasteiger partial charge in [-0.05, 0) is 35.4 Å². The fourth-order valence-electron chi connectivity index (χ4n) is 3.76. The third kappa shape index (κ3) is 4.59. The third-order valence-electron chi connectivity index (χ3n) is 5.35. The summed E-state index contributed by atoms with van der Waals surface area (Å²) in [6.45, 7) is -0.385. The van der Waals surface area contributed by atoms with E-state index in [1.54, 1.807) is 6.07 Å². The second-order valence-electron chi connectivity index (χ2n) is 7.72. The molecule has 1 aromatic heterocycles. The van der Waals surface area contributed by atoms with Crippen molar-refractivity contribution in [2.75, 3.05) is 6.61 Å². The van der Waals surface area contributed by atoms with Crippen molar-refractivity contribution in [3.05, 3.63) is 109 Å². The highest BCUT2D eigenvalue weighted by Gasteiger charge is 2.18. The number of aliphatic carboxylic acids is 1. The first-order chi connectivity index (χ1) is 16.7. The summed E-state index contributed by atoms with van der Waals surface area (Å²) in [5.74, 6) is 0.730. The van der Waals surface area contributed by atoms with Crippen molar-refractivity contribution in [2.45, 2.75) is 0 Å². The highest BCUT2D eigenvalue weighted by Crippen LogP contribution is 2.37. The van der Waals surface area contributed by atoms with Crippen LogP contribution in [0, 0.1) is 0 Å². The molecule has 5 aromatic rings. The Kier molecular flexibility index (Phi) is 5.91. The minimum absolute atomic E-state index is 0.385. The lowest BCUT2D eigenvalue weighted by Gasteiger charge is -2.07. The summed E-state index contributed by atoms with van der Waals surface area (Å²) in [6.07, 6.45) is 0. The molecule has 166 valence electrons. The topological polar surface area (TPSA) is 72.6 Å². The Labute approximate surface area is 196 Å². The molecule has 0 radical (unpaired) electrons. The number of oxazole rings is 1. The summed E-state index contributed by atoms with van der Waals surface area (Å²) in [5.41, 5.74) is 5.42. The molecule has 0 aliphatic rings. The van der Waals surface area contributed by atoms with Gasteiger partial charge in [-0.2, -0.15) is 0 Å². The van der Waals surface area contributed by atoms with E-state index in [0.717, 1.165) is 39.3 Å². The van der Waals surface area contributed by atoms with Gasteiger partial charge in [0, 0.05) is 16.7 Å². The standard InChI is InChI=1S/C29H21NO4/c31-26(32)19-33-25-16-8-14-23(18-25)22-13-7-15-24(17-22)29-30-27(20-9-3-1-4-10-20)28(34-29)21-11-5-2-6-12-21/h1-18H,19H2,(H,31,32). The molecule has 1 heterocycles. The summed E-state index contributed by atoms with van der Waals surface area (Å²) in [7, 11) is 0. The van der Waals surface area contributed by atoms with Crippen LogP contribution in [0.25, 0.3) is 45.2 Å². The maximum Gasteiger partial charge on any atom is 0.341 e. The first-order valence-electron chi connectivity index (χ1n) is 10.8. The van der Waals surface area contributed by atoms with Gasteiger partial charge in [0.05, 0.1) is 0 Å². The number of benzene rings is 4. The van der Waals surface area contributed by atoms with Gasteiger partial charge in [0.15, 0.2) is 12.4 Å².